The van der Waals surface area contributed by atoms with E-state index in [0.29, 0.717) is 36.3 Å². The first-order valence-corrected chi connectivity index (χ1v) is 12.1. The topological polar surface area (TPSA) is 114 Å². The van der Waals surface area contributed by atoms with Crippen molar-refractivity contribution in [2.75, 3.05) is 25.6 Å². The Morgan fingerprint density at radius 3 is 2.62 bits per heavy atom. The van der Waals surface area contributed by atoms with Crippen molar-refractivity contribution in [3.05, 3.63) is 90.0 Å². The Balaban J connectivity index is 1.37. The lowest BCUT2D eigenvalue weighted by Gasteiger charge is -2.12. The fourth-order valence-electron chi connectivity index (χ4n) is 4.36. The molecule has 0 atom stereocenters. The summed E-state index contributed by atoms with van der Waals surface area (Å²) in [5.41, 5.74) is 5.35. The first kappa shape index (κ1) is 24.2. The highest BCUT2D eigenvalue weighted by Gasteiger charge is 2.18. The lowest BCUT2D eigenvalue weighted by Crippen LogP contribution is -2.27. The number of fused-ring (bicyclic) bond motifs is 2. The highest BCUT2D eigenvalue weighted by Crippen LogP contribution is 2.24. The van der Waals surface area contributed by atoms with E-state index in [0.717, 1.165) is 28.8 Å². The van der Waals surface area contributed by atoms with Crippen molar-refractivity contribution in [1.29, 1.82) is 0 Å². The molecule has 0 bridgehead atoms. The summed E-state index contributed by atoms with van der Waals surface area (Å²) in [5, 5.41) is 5.79. The van der Waals surface area contributed by atoms with Crippen LogP contribution in [0.3, 0.4) is 0 Å². The van der Waals surface area contributed by atoms with Crippen LogP contribution in [0.15, 0.2) is 73.1 Å². The predicted octanol–water partition coefficient (Wildman–Crippen LogP) is 3.71. The van der Waals surface area contributed by atoms with E-state index in [1.165, 1.54) is 12.7 Å². The van der Waals surface area contributed by atoms with Gasteiger partial charge in [-0.3, -0.25) is 9.59 Å². The monoisotopic (exact) mass is 496 g/mol. The third-order valence-corrected chi connectivity index (χ3v) is 6.09. The molecule has 3 N–H and O–H groups in total. The highest BCUT2D eigenvalue weighted by molar-refractivity contribution is 6.07. The molecule has 37 heavy (non-hydrogen) atoms. The van der Waals surface area contributed by atoms with Gasteiger partial charge >= 0.3 is 0 Å². The van der Waals surface area contributed by atoms with Gasteiger partial charge in [-0.15, -0.1) is 0 Å². The third-order valence-electron chi connectivity index (χ3n) is 6.09. The molecule has 0 aliphatic heterocycles. The number of H-pyrrole nitrogens is 1. The number of nitrogens with one attached hydrogen (secondary N) is 3. The molecule has 0 radical (unpaired) electrons. The molecule has 9 heteroatoms. The second-order valence-corrected chi connectivity index (χ2v) is 8.75. The Morgan fingerprint density at radius 2 is 1.81 bits per heavy atom. The average Bonchev–Trinajstić information content (AvgIpc) is 3.51. The molecule has 0 aliphatic rings. The number of anilines is 1. The van der Waals surface area contributed by atoms with Crippen LogP contribution in [-0.2, 0) is 28.9 Å². The normalized spacial score (nSPS) is 11.2. The number of ether oxygens (including phenoxy) is 1. The quantitative estimate of drug-likeness (QED) is 0.273. The Labute approximate surface area is 213 Å². The standard InChI is InChI=1S/C28H28N6O3/c1-37-17-26(35)31-20-15-21(28(36)29-13-11-25-32-22-9-5-6-10-23(22)33-25)27-24(16-20)30-18-34(27)14-12-19-7-3-2-4-8-19/h2-10,15-16,18H,11-14,17H2,1H3,(H,29,36)(H,31,35)(H,32,33). The molecule has 2 aromatic heterocycles. The Kier molecular flexibility index (Phi) is 7.23. The molecule has 0 saturated heterocycles. The maximum atomic E-state index is 13.4. The smallest absolute Gasteiger partial charge is 0.253 e. The number of aromatic amines is 1. The number of rotatable bonds is 10. The van der Waals surface area contributed by atoms with Crippen LogP contribution in [0.25, 0.3) is 22.1 Å². The molecule has 0 spiro atoms. The number of carbonyl (C=O) groups excluding carboxylic acids is 2. The van der Waals surface area contributed by atoms with E-state index < -0.39 is 0 Å². The average molecular weight is 497 g/mol. The van der Waals surface area contributed by atoms with E-state index in [-0.39, 0.29) is 18.4 Å². The van der Waals surface area contributed by atoms with E-state index in [2.05, 4.69) is 37.7 Å². The van der Waals surface area contributed by atoms with Crippen molar-refractivity contribution in [2.45, 2.75) is 19.4 Å². The number of imidazole rings is 2. The van der Waals surface area contributed by atoms with Gasteiger partial charge in [0, 0.05) is 32.3 Å². The third kappa shape index (κ3) is 5.68. The van der Waals surface area contributed by atoms with Crippen molar-refractivity contribution < 1.29 is 14.3 Å². The lowest BCUT2D eigenvalue weighted by molar-refractivity contribution is -0.119. The summed E-state index contributed by atoms with van der Waals surface area (Å²) in [6.07, 6.45) is 3.09. The molecular formula is C28H28N6O3. The fourth-order valence-corrected chi connectivity index (χ4v) is 4.36. The first-order valence-electron chi connectivity index (χ1n) is 12.1. The van der Waals surface area contributed by atoms with Gasteiger partial charge in [0.15, 0.2) is 0 Å². The van der Waals surface area contributed by atoms with Crippen LogP contribution in [0.4, 0.5) is 5.69 Å². The van der Waals surface area contributed by atoms with Gasteiger partial charge in [0.25, 0.3) is 5.91 Å². The number of para-hydroxylation sites is 2. The number of nitrogens with zero attached hydrogens (tertiary/aromatic N) is 3. The minimum atomic E-state index is -0.304. The molecule has 2 heterocycles. The van der Waals surface area contributed by atoms with Crippen LogP contribution < -0.4 is 10.6 Å². The summed E-state index contributed by atoms with van der Waals surface area (Å²) in [5.74, 6) is 0.257. The number of aryl methyl sites for hydroxylation is 2. The molecule has 0 unspecified atom stereocenters. The molecule has 0 fully saturated rings. The van der Waals surface area contributed by atoms with E-state index in [1.54, 1.807) is 18.5 Å². The molecule has 0 aliphatic carbocycles. The zero-order valence-corrected chi connectivity index (χ0v) is 20.5. The summed E-state index contributed by atoms with van der Waals surface area (Å²) in [6, 6.07) is 21.4. The van der Waals surface area contributed by atoms with Crippen molar-refractivity contribution in [3.8, 4) is 0 Å². The van der Waals surface area contributed by atoms with Crippen LogP contribution in [0, 0.1) is 0 Å². The van der Waals surface area contributed by atoms with E-state index >= 15 is 0 Å². The van der Waals surface area contributed by atoms with Gasteiger partial charge in [-0.25, -0.2) is 9.97 Å². The van der Waals surface area contributed by atoms with Crippen LogP contribution in [0.5, 0.6) is 0 Å². The Bertz CT molecular complexity index is 1510. The molecule has 9 nitrogen and oxygen atoms in total. The molecule has 188 valence electrons. The number of hydrogen-bond donors (Lipinski definition) is 3. The number of methoxy groups -OCH3 is 1. The predicted molar refractivity (Wildman–Crippen MR) is 143 cm³/mol. The largest absolute Gasteiger partial charge is 0.375 e. The van der Waals surface area contributed by atoms with Crippen LogP contribution in [0.2, 0.25) is 0 Å². The van der Waals surface area contributed by atoms with Gasteiger partial charge in [0.1, 0.15) is 12.4 Å². The zero-order chi connectivity index (χ0) is 25.6. The number of benzene rings is 3. The van der Waals surface area contributed by atoms with E-state index in [9.17, 15) is 9.59 Å². The Hall–Kier alpha value is -4.50. The van der Waals surface area contributed by atoms with Gasteiger partial charge in [0.2, 0.25) is 5.91 Å². The fraction of sp³-hybridized carbons (Fsp3) is 0.214. The van der Waals surface area contributed by atoms with E-state index in [4.69, 9.17) is 4.74 Å². The highest BCUT2D eigenvalue weighted by atomic mass is 16.5. The van der Waals surface area contributed by atoms with Crippen LogP contribution >= 0.6 is 0 Å². The van der Waals surface area contributed by atoms with Crippen molar-refractivity contribution in [1.82, 2.24) is 24.8 Å². The summed E-state index contributed by atoms with van der Waals surface area (Å²) in [6.45, 7) is 0.982. The summed E-state index contributed by atoms with van der Waals surface area (Å²) in [7, 11) is 1.46. The second kappa shape index (κ2) is 11.0. The summed E-state index contributed by atoms with van der Waals surface area (Å²) < 4.78 is 6.90. The maximum absolute atomic E-state index is 13.4. The minimum absolute atomic E-state index is 0.0808. The van der Waals surface area contributed by atoms with Crippen molar-refractivity contribution in [2.24, 2.45) is 0 Å². The summed E-state index contributed by atoms with van der Waals surface area (Å²) >= 11 is 0. The number of amides is 2. The first-order chi connectivity index (χ1) is 18.1. The summed E-state index contributed by atoms with van der Waals surface area (Å²) in [4.78, 5) is 37.9. The van der Waals surface area contributed by atoms with Gasteiger partial charge < -0.3 is 24.9 Å². The minimum Gasteiger partial charge on any atom is -0.375 e. The SMILES string of the molecule is COCC(=O)Nc1cc(C(=O)NCCc2nc3ccccc3[nH]2)c2c(c1)ncn2CCc1ccccc1. The lowest BCUT2D eigenvalue weighted by atomic mass is 10.1. The van der Waals surface area contributed by atoms with Crippen LogP contribution in [-0.4, -0.2) is 51.6 Å². The molecule has 5 aromatic rings. The molecule has 5 rings (SSSR count). The van der Waals surface area contributed by atoms with Crippen LogP contribution in [0.1, 0.15) is 21.7 Å². The number of hydrogen-bond acceptors (Lipinski definition) is 5. The maximum Gasteiger partial charge on any atom is 0.253 e. The van der Waals surface area contributed by atoms with Gasteiger partial charge in [-0.1, -0.05) is 42.5 Å². The van der Waals surface area contributed by atoms with E-state index in [1.807, 2.05) is 47.0 Å². The van der Waals surface area contributed by atoms with Crippen molar-refractivity contribution >= 4 is 39.6 Å². The van der Waals surface area contributed by atoms with Crippen molar-refractivity contribution in [3.63, 3.8) is 0 Å². The molecule has 0 saturated carbocycles. The second-order valence-electron chi connectivity index (χ2n) is 8.75. The molecular weight excluding hydrogens is 468 g/mol. The Morgan fingerprint density at radius 1 is 1.00 bits per heavy atom. The van der Waals surface area contributed by atoms with Gasteiger partial charge in [-0.05, 0) is 36.2 Å². The zero-order valence-electron chi connectivity index (χ0n) is 20.5. The number of aromatic nitrogens is 4. The molecule has 3 aromatic carbocycles. The molecule has 2 amide bonds. The van der Waals surface area contributed by atoms with Gasteiger partial charge in [-0.2, -0.15) is 0 Å². The number of carbonyl (C=O) groups is 2. The van der Waals surface area contributed by atoms with Gasteiger partial charge in [0.05, 0.1) is 34.0 Å².